The van der Waals surface area contributed by atoms with Gasteiger partial charge in [-0.15, -0.1) is 0 Å². The van der Waals surface area contributed by atoms with Crippen LogP contribution in [0.4, 0.5) is 8.78 Å². The van der Waals surface area contributed by atoms with Crippen LogP contribution in [-0.4, -0.2) is 22.2 Å². The maximum absolute atomic E-state index is 12.8. The third-order valence-corrected chi connectivity index (χ3v) is 4.79. The van der Waals surface area contributed by atoms with Gasteiger partial charge in [0.1, 0.15) is 12.2 Å². The van der Waals surface area contributed by atoms with Crippen molar-refractivity contribution in [2.24, 2.45) is 0 Å². The molecule has 1 aromatic rings. The largest absolute Gasteiger partial charge is 0.354 e. The van der Waals surface area contributed by atoms with E-state index in [9.17, 15) is 13.6 Å². The van der Waals surface area contributed by atoms with Crippen LogP contribution in [0.1, 0.15) is 49.9 Å². The van der Waals surface area contributed by atoms with Gasteiger partial charge in [0.25, 0.3) is 6.43 Å². The van der Waals surface area contributed by atoms with Crippen molar-refractivity contribution in [3.05, 3.63) is 27.5 Å². The highest BCUT2D eigenvalue weighted by molar-refractivity contribution is 9.10. The van der Waals surface area contributed by atoms with Crippen molar-refractivity contribution in [1.29, 1.82) is 0 Å². The van der Waals surface area contributed by atoms with E-state index in [4.69, 9.17) is 0 Å². The molecule has 0 bridgehead atoms. The number of rotatable bonds is 6. The molecule has 0 radical (unpaired) electrons. The van der Waals surface area contributed by atoms with Crippen LogP contribution in [0.2, 0.25) is 0 Å². The molecule has 0 atom stereocenters. The molecule has 1 aliphatic rings. The van der Waals surface area contributed by atoms with E-state index in [-0.39, 0.29) is 22.6 Å². The van der Waals surface area contributed by atoms with Crippen molar-refractivity contribution < 1.29 is 13.6 Å². The second-order valence-electron chi connectivity index (χ2n) is 5.45. The molecule has 0 spiro atoms. The van der Waals surface area contributed by atoms with E-state index in [0.29, 0.717) is 12.2 Å². The van der Waals surface area contributed by atoms with E-state index in [1.807, 2.05) is 0 Å². The van der Waals surface area contributed by atoms with Crippen molar-refractivity contribution in [2.45, 2.75) is 52.0 Å². The second kappa shape index (κ2) is 7.85. The molecule has 1 aliphatic carbocycles. The van der Waals surface area contributed by atoms with Crippen LogP contribution in [0, 0.1) is 6.92 Å². The molecular formula is C15H20BrF2N3O. The summed E-state index contributed by atoms with van der Waals surface area (Å²) in [5, 5.41) is 6.61. The SMILES string of the molecule is Cc1c(Br)c(C(F)F)nn1CC(=O)NCCC1=CCCCC1. The summed E-state index contributed by atoms with van der Waals surface area (Å²) in [7, 11) is 0. The zero-order valence-electron chi connectivity index (χ0n) is 12.5. The number of carbonyl (C=O) groups is 1. The molecule has 22 heavy (non-hydrogen) atoms. The lowest BCUT2D eigenvalue weighted by Gasteiger charge is -2.13. The maximum atomic E-state index is 12.8. The first-order valence-corrected chi connectivity index (χ1v) is 8.24. The highest BCUT2D eigenvalue weighted by Gasteiger charge is 2.21. The van der Waals surface area contributed by atoms with Crippen molar-refractivity contribution in [2.75, 3.05) is 6.54 Å². The molecule has 1 heterocycles. The Morgan fingerprint density at radius 2 is 2.27 bits per heavy atom. The fourth-order valence-corrected chi connectivity index (χ4v) is 2.98. The zero-order valence-corrected chi connectivity index (χ0v) is 14.1. The number of nitrogens with zero attached hydrogens (tertiary/aromatic N) is 2. The third kappa shape index (κ3) is 4.38. The van der Waals surface area contributed by atoms with Gasteiger partial charge in [-0.25, -0.2) is 8.78 Å². The molecule has 1 aromatic heterocycles. The average molecular weight is 376 g/mol. The second-order valence-corrected chi connectivity index (χ2v) is 6.24. The van der Waals surface area contributed by atoms with Gasteiger partial charge in [0.15, 0.2) is 0 Å². The van der Waals surface area contributed by atoms with E-state index in [2.05, 4.69) is 32.4 Å². The van der Waals surface area contributed by atoms with Gasteiger partial charge in [-0.3, -0.25) is 9.48 Å². The highest BCUT2D eigenvalue weighted by atomic mass is 79.9. The Bertz CT molecular complexity index is 569. The highest BCUT2D eigenvalue weighted by Crippen LogP contribution is 2.28. The number of halogens is 3. The number of amides is 1. The summed E-state index contributed by atoms with van der Waals surface area (Å²) in [6, 6.07) is 0. The Morgan fingerprint density at radius 1 is 1.50 bits per heavy atom. The van der Waals surface area contributed by atoms with Crippen LogP contribution in [0.5, 0.6) is 0 Å². The van der Waals surface area contributed by atoms with Gasteiger partial charge in [-0.2, -0.15) is 5.10 Å². The summed E-state index contributed by atoms with van der Waals surface area (Å²) in [6.07, 6.45) is 5.15. The Kier molecular flexibility index (Phi) is 6.11. The van der Waals surface area contributed by atoms with Crippen molar-refractivity contribution in [3.63, 3.8) is 0 Å². The predicted octanol–water partition coefficient (Wildman–Crippen LogP) is 3.90. The van der Waals surface area contributed by atoms with Crippen molar-refractivity contribution in [3.8, 4) is 0 Å². The van der Waals surface area contributed by atoms with Crippen LogP contribution >= 0.6 is 15.9 Å². The monoisotopic (exact) mass is 375 g/mol. The van der Waals surface area contributed by atoms with E-state index >= 15 is 0 Å². The molecule has 1 amide bonds. The quantitative estimate of drug-likeness (QED) is 0.766. The molecular weight excluding hydrogens is 356 g/mol. The molecule has 0 unspecified atom stereocenters. The van der Waals surface area contributed by atoms with E-state index in [1.165, 1.54) is 23.1 Å². The lowest BCUT2D eigenvalue weighted by atomic mass is 9.97. The Morgan fingerprint density at radius 3 is 2.86 bits per heavy atom. The van der Waals surface area contributed by atoms with E-state index < -0.39 is 6.43 Å². The van der Waals surface area contributed by atoms with Gasteiger partial charge in [0, 0.05) is 6.54 Å². The predicted molar refractivity (Wildman–Crippen MR) is 83.8 cm³/mol. The number of carbonyl (C=O) groups excluding carboxylic acids is 1. The molecule has 4 nitrogen and oxygen atoms in total. The minimum atomic E-state index is -2.66. The lowest BCUT2D eigenvalue weighted by molar-refractivity contribution is -0.121. The summed E-state index contributed by atoms with van der Waals surface area (Å²) in [4.78, 5) is 11.9. The standard InChI is InChI=1S/C15H20BrF2N3O/c1-10-13(16)14(15(17)18)20-21(10)9-12(22)19-8-7-11-5-3-2-4-6-11/h5,15H,2-4,6-9H2,1H3,(H,19,22). The van der Waals surface area contributed by atoms with Crippen LogP contribution in [0.3, 0.4) is 0 Å². The summed E-state index contributed by atoms with van der Waals surface area (Å²) < 4.78 is 27.1. The van der Waals surface area contributed by atoms with Crippen LogP contribution in [0.25, 0.3) is 0 Å². The number of alkyl halides is 2. The fourth-order valence-electron chi connectivity index (χ4n) is 2.53. The number of hydrogen-bond donors (Lipinski definition) is 1. The first kappa shape index (κ1) is 17.1. The van der Waals surface area contributed by atoms with Crippen LogP contribution in [-0.2, 0) is 11.3 Å². The first-order valence-electron chi connectivity index (χ1n) is 7.44. The number of allylic oxidation sites excluding steroid dienone is 1. The Hall–Kier alpha value is -1.24. The Labute approximate surface area is 137 Å². The number of aromatic nitrogens is 2. The fraction of sp³-hybridized carbons (Fsp3) is 0.600. The van der Waals surface area contributed by atoms with Gasteiger partial charge in [0.2, 0.25) is 5.91 Å². The zero-order chi connectivity index (χ0) is 16.1. The third-order valence-electron chi connectivity index (χ3n) is 3.81. The average Bonchev–Trinajstić information content (AvgIpc) is 2.77. The minimum Gasteiger partial charge on any atom is -0.354 e. The molecule has 122 valence electrons. The molecule has 0 aromatic carbocycles. The van der Waals surface area contributed by atoms with Gasteiger partial charge in [0.05, 0.1) is 10.2 Å². The van der Waals surface area contributed by atoms with Gasteiger partial charge in [-0.05, 0) is 55.0 Å². The van der Waals surface area contributed by atoms with Gasteiger partial charge < -0.3 is 5.32 Å². The summed E-state index contributed by atoms with van der Waals surface area (Å²) >= 11 is 3.09. The molecule has 0 aliphatic heterocycles. The van der Waals surface area contributed by atoms with Crippen LogP contribution < -0.4 is 5.32 Å². The van der Waals surface area contributed by atoms with Crippen molar-refractivity contribution >= 4 is 21.8 Å². The maximum Gasteiger partial charge on any atom is 0.283 e. The van der Waals surface area contributed by atoms with Gasteiger partial charge >= 0.3 is 0 Å². The van der Waals surface area contributed by atoms with Crippen LogP contribution in [0.15, 0.2) is 16.1 Å². The Balaban J connectivity index is 1.84. The van der Waals surface area contributed by atoms with Crippen molar-refractivity contribution in [1.82, 2.24) is 15.1 Å². The first-order chi connectivity index (χ1) is 10.5. The summed E-state index contributed by atoms with van der Waals surface area (Å²) in [6.45, 7) is 2.19. The van der Waals surface area contributed by atoms with Gasteiger partial charge in [-0.1, -0.05) is 11.6 Å². The molecule has 2 rings (SSSR count). The molecule has 0 saturated carbocycles. The minimum absolute atomic E-state index is 0.0454. The number of hydrogen-bond acceptors (Lipinski definition) is 2. The molecule has 1 N–H and O–H groups in total. The summed E-state index contributed by atoms with van der Waals surface area (Å²) in [5.41, 5.74) is 1.60. The topological polar surface area (TPSA) is 46.9 Å². The molecule has 0 fully saturated rings. The smallest absolute Gasteiger partial charge is 0.283 e. The number of nitrogens with one attached hydrogen (secondary N) is 1. The summed E-state index contributed by atoms with van der Waals surface area (Å²) in [5.74, 6) is -0.213. The lowest BCUT2D eigenvalue weighted by Crippen LogP contribution is -2.29. The molecule has 0 saturated heterocycles. The normalized spacial score (nSPS) is 15.0. The van der Waals surface area contributed by atoms with E-state index in [1.54, 1.807) is 6.92 Å². The van der Waals surface area contributed by atoms with E-state index in [0.717, 1.165) is 19.3 Å². The molecule has 7 heteroatoms.